The van der Waals surface area contributed by atoms with E-state index in [9.17, 15) is 34.8 Å². The van der Waals surface area contributed by atoms with Crippen LogP contribution in [0.4, 0.5) is 0 Å². The Morgan fingerprint density at radius 2 is 1.92 bits per heavy atom. The van der Waals surface area contributed by atoms with Gasteiger partial charge >= 0.3 is 0 Å². The van der Waals surface area contributed by atoms with E-state index in [1.807, 2.05) is 13.8 Å². The number of nitrogens with zero attached hydrogens (tertiary/aromatic N) is 1. The summed E-state index contributed by atoms with van der Waals surface area (Å²) in [4.78, 5) is 40.5. The Morgan fingerprint density at radius 3 is 2.50 bits per heavy atom. The summed E-state index contributed by atoms with van der Waals surface area (Å²) in [6.45, 7) is 3.99. The maximum Gasteiger partial charge on any atom is 0.255 e. The van der Waals surface area contributed by atoms with Gasteiger partial charge in [-0.15, -0.1) is 0 Å². The number of primary amides is 1. The number of allylic oxidation sites excluding steroid dienone is 1. The van der Waals surface area contributed by atoms with Crippen molar-refractivity contribution in [3.8, 4) is 17.6 Å². The van der Waals surface area contributed by atoms with Crippen LogP contribution in [0.2, 0.25) is 0 Å². The number of carbonyl (C=O) groups excluding carboxylic acids is 3. The molecule has 1 unspecified atom stereocenters. The molecular weight excluding hydrogens is 464 g/mol. The number of phenolic OH excluding ortho intramolecular Hbond substituents is 1. The molecule has 3 aliphatic carbocycles. The number of aliphatic hydroxyl groups excluding tert-OH is 2. The van der Waals surface area contributed by atoms with E-state index in [1.165, 1.54) is 11.0 Å². The lowest BCUT2D eigenvalue weighted by atomic mass is 9.58. The number of likely N-dealkylation sites (N-methyl/N-ethyl adjacent to an activating group) is 1. The van der Waals surface area contributed by atoms with Crippen molar-refractivity contribution in [2.45, 2.75) is 44.8 Å². The minimum Gasteiger partial charge on any atom is -0.510 e. The SMILES string of the molecule is CCC(C)C#Cc1ccc(O)c2c1C[C@H]1C[C@H]3[C@@H](N(C)C)C(O)=C(C(N)=O)C(=O)[C@@]3(O)C(O)=C1C2=O. The van der Waals surface area contributed by atoms with Crippen LogP contribution in [-0.4, -0.2) is 68.5 Å². The van der Waals surface area contributed by atoms with E-state index in [-0.39, 0.29) is 35.6 Å². The summed E-state index contributed by atoms with van der Waals surface area (Å²) in [5.74, 6) is -0.315. The lowest BCUT2D eigenvalue weighted by Gasteiger charge is -2.50. The number of Topliss-reactive ketones (excluding diaryl/α,β-unsaturated/α-hetero) is 2. The maximum atomic E-state index is 13.6. The van der Waals surface area contributed by atoms with Gasteiger partial charge in [0.05, 0.1) is 11.6 Å². The molecule has 1 amide bonds. The van der Waals surface area contributed by atoms with E-state index < -0.39 is 58.0 Å². The summed E-state index contributed by atoms with van der Waals surface area (Å²) < 4.78 is 0. The average molecular weight is 495 g/mol. The van der Waals surface area contributed by atoms with Crippen LogP contribution in [0.5, 0.6) is 5.75 Å². The number of nitrogens with two attached hydrogens (primary N) is 1. The second kappa shape index (κ2) is 8.80. The van der Waals surface area contributed by atoms with Crippen molar-refractivity contribution in [1.29, 1.82) is 0 Å². The zero-order valence-electron chi connectivity index (χ0n) is 20.6. The van der Waals surface area contributed by atoms with Gasteiger partial charge in [0.15, 0.2) is 11.4 Å². The van der Waals surface area contributed by atoms with Crippen LogP contribution < -0.4 is 5.73 Å². The molecule has 5 atom stereocenters. The van der Waals surface area contributed by atoms with Crippen LogP contribution in [0.3, 0.4) is 0 Å². The number of ketones is 2. The molecule has 0 heterocycles. The topological polar surface area (TPSA) is 161 Å². The first-order chi connectivity index (χ1) is 16.9. The third kappa shape index (κ3) is 3.52. The number of amides is 1. The van der Waals surface area contributed by atoms with Gasteiger partial charge in [0, 0.05) is 23.0 Å². The minimum absolute atomic E-state index is 0.0354. The number of benzene rings is 1. The fraction of sp³-hybridized carbons (Fsp3) is 0.444. The molecule has 1 aromatic rings. The molecule has 0 bridgehead atoms. The molecule has 0 saturated carbocycles. The van der Waals surface area contributed by atoms with E-state index in [1.54, 1.807) is 20.2 Å². The summed E-state index contributed by atoms with van der Waals surface area (Å²) in [6.07, 6.45) is 1.10. The van der Waals surface area contributed by atoms with Crippen molar-refractivity contribution < 1.29 is 34.8 Å². The molecule has 0 saturated heterocycles. The molecule has 9 nitrogen and oxygen atoms in total. The van der Waals surface area contributed by atoms with Crippen LogP contribution in [0.25, 0.3) is 0 Å². The normalized spacial score (nSPS) is 28.2. The van der Waals surface area contributed by atoms with E-state index in [2.05, 4.69) is 11.8 Å². The predicted molar refractivity (Wildman–Crippen MR) is 130 cm³/mol. The van der Waals surface area contributed by atoms with Gasteiger partial charge in [-0.1, -0.05) is 25.7 Å². The molecule has 4 rings (SSSR count). The van der Waals surface area contributed by atoms with E-state index in [4.69, 9.17) is 5.73 Å². The highest BCUT2D eigenvalue weighted by molar-refractivity contribution is 6.24. The van der Waals surface area contributed by atoms with Crippen LogP contribution in [0.15, 0.2) is 34.8 Å². The number of hydrogen-bond donors (Lipinski definition) is 5. The van der Waals surface area contributed by atoms with Crippen molar-refractivity contribution >= 4 is 17.5 Å². The van der Waals surface area contributed by atoms with Crippen molar-refractivity contribution in [3.05, 3.63) is 51.5 Å². The number of carbonyl (C=O) groups is 3. The molecule has 0 radical (unpaired) electrons. The third-order valence-corrected chi connectivity index (χ3v) is 7.67. The van der Waals surface area contributed by atoms with Gasteiger partial charge in [0.2, 0.25) is 5.78 Å². The van der Waals surface area contributed by atoms with Crippen molar-refractivity contribution in [3.63, 3.8) is 0 Å². The van der Waals surface area contributed by atoms with Gasteiger partial charge in [0.1, 0.15) is 22.8 Å². The van der Waals surface area contributed by atoms with Gasteiger partial charge in [-0.3, -0.25) is 19.3 Å². The average Bonchev–Trinajstić information content (AvgIpc) is 2.80. The summed E-state index contributed by atoms with van der Waals surface area (Å²) in [6, 6.07) is 1.98. The molecule has 3 aliphatic rings. The largest absolute Gasteiger partial charge is 0.510 e. The molecule has 190 valence electrons. The minimum atomic E-state index is -2.64. The van der Waals surface area contributed by atoms with Gasteiger partial charge in [0.25, 0.3) is 5.91 Å². The third-order valence-electron chi connectivity index (χ3n) is 7.67. The van der Waals surface area contributed by atoms with Crippen molar-refractivity contribution in [2.75, 3.05) is 14.1 Å². The number of hydrogen-bond acceptors (Lipinski definition) is 8. The molecular formula is C27H30N2O7. The van der Waals surface area contributed by atoms with Gasteiger partial charge < -0.3 is 26.2 Å². The summed E-state index contributed by atoms with van der Waals surface area (Å²) in [5.41, 5.74) is 2.76. The monoisotopic (exact) mass is 494 g/mol. The number of rotatable bonds is 3. The van der Waals surface area contributed by atoms with E-state index in [0.29, 0.717) is 11.1 Å². The highest BCUT2D eigenvalue weighted by Gasteiger charge is 2.63. The lowest BCUT2D eigenvalue weighted by Crippen LogP contribution is -2.63. The van der Waals surface area contributed by atoms with Crippen molar-refractivity contribution in [2.24, 2.45) is 23.5 Å². The number of aromatic hydroxyl groups is 1. The summed E-state index contributed by atoms with van der Waals surface area (Å²) in [5, 5.41) is 44.2. The molecule has 6 N–H and O–H groups in total. The first-order valence-corrected chi connectivity index (χ1v) is 11.9. The molecule has 1 aromatic carbocycles. The van der Waals surface area contributed by atoms with E-state index in [0.717, 1.165) is 6.42 Å². The zero-order chi connectivity index (χ0) is 26.7. The second-order valence-electron chi connectivity index (χ2n) is 10.0. The molecule has 0 fully saturated rings. The van der Waals surface area contributed by atoms with Crippen molar-refractivity contribution in [1.82, 2.24) is 4.90 Å². The first-order valence-electron chi connectivity index (χ1n) is 11.9. The Balaban J connectivity index is 1.93. The molecule has 9 heteroatoms. The Bertz CT molecular complexity index is 1310. The number of fused-ring (bicyclic) bond motifs is 3. The lowest BCUT2D eigenvalue weighted by molar-refractivity contribution is -0.148. The maximum absolute atomic E-state index is 13.6. The van der Waals surface area contributed by atoms with Crippen LogP contribution >= 0.6 is 0 Å². The molecule has 0 aromatic heterocycles. The van der Waals surface area contributed by atoms with Gasteiger partial charge in [-0.2, -0.15) is 0 Å². The Kier molecular flexibility index (Phi) is 6.23. The Morgan fingerprint density at radius 1 is 1.25 bits per heavy atom. The zero-order valence-corrected chi connectivity index (χ0v) is 20.6. The summed E-state index contributed by atoms with van der Waals surface area (Å²) in [7, 11) is 3.18. The Labute approximate surface area is 208 Å². The standard InChI is InChI=1S/C27H30N2O7/c1-5-12(2)6-7-13-8-9-17(30)19-15(13)10-14-11-16-21(29(3)4)23(32)20(26(28)35)25(34)27(16,36)24(33)18(14)22(19)31/h8-9,12,14,16,21,30,32-33,36H,5,10-11H2,1-4H3,(H2,28,35)/t12?,14-,16-,21+,27-/m0/s1. The highest BCUT2D eigenvalue weighted by Crippen LogP contribution is 2.52. The smallest absolute Gasteiger partial charge is 0.255 e. The Hall–Kier alpha value is -3.61. The predicted octanol–water partition coefficient (Wildman–Crippen LogP) is 1.52. The number of phenols is 1. The van der Waals surface area contributed by atoms with Crippen LogP contribution in [0.1, 0.15) is 48.2 Å². The fourth-order valence-corrected chi connectivity index (χ4v) is 5.67. The number of aliphatic hydroxyl groups is 3. The highest BCUT2D eigenvalue weighted by atomic mass is 16.3. The first kappa shape index (κ1) is 25.5. The molecule has 0 aliphatic heterocycles. The van der Waals surface area contributed by atoms with Gasteiger partial charge in [-0.05, 0) is 57.0 Å². The van der Waals surface area contributed by atoms with Crippen LogP contribution in [-0.2, 0) is 16.0 Å². The van der Waals surface area contributed by atoms with E-state index >= 15 is 0 Å². The fourth-order valence-electron chi connectivity index (χ4n) is 5.67. The quantitative estimate of drug-likeness (QED) is 0.312. The molecule has 36 heavy (non-hydrogen) atoms. The molecule has 0 spiro atoms. The summed E-state index contributed by atoms with van der Waals surface area (Å²) >= 11 is 0. The van der Waals surface area contributed by atoms with Crippen LogP contribution in [0, 0.1) is 29.6 Å². The second-order valence-corrected chi connectivity index (χ2v) is 10.0. The van der Waals surface area contributed by atoms with Gasteiger partial charge in [-0.25, -0.2) is 0 Å².